The van der Waals surface area contributed by atoms with Crippen LogP contribution in [0, 0.1) is 0 Å². The number of rotatable bonds is 5. The number of anilines is 2. The van der Waals surface area contributed by atoms with Crippen LogP contribution in [0.3, 0.4) is 0 Å². The second kappa shape index (κ2) is 8.50. The summed E-state index contributed by atoms with van der Waals surface area (Å²) in [5.74, 6) is -1.75. The number of nitrogens with one attached hydrogen (secondary N) is 2. The summed E-state index contributed by atoms with van der Waals surface area (Å²) >= 11 is 11.8. The van der Waals surface area contributed by atoms with Crippen LogP contribution < -0.4 is 10.6 Å². The molecule has 2 N–H and O–H groups in total. The molecule has 0 unspecified atom stereocenters. The molecule has 6 nitrogen and oxygen atoms in total. The van der Waals surface area contributed by atoms with E-state index in [1.54, 1.807) is 18.2 Å². The molecule has 2 aromatic rings. The Kier molecular flexibility index (Phi) is 6.38. The Hall–Kier alpha value is -2.57. The van der Waals surface area contributed by atoms with Crippen LogP contribution in [0.15, 0.2) is 42.5 Å². The maximum Gasteiger partial charge on any atom is 0.339 e. The third kappa shape index (κ3) is 5.20. The number of amides is 2. The fourth-order valence-electron chi connectivity index (χ4n) is 2.01. The highest BCUT2D eigenvalue weighted by atomic mass is 35.5. The largest absolute Gasteiger partial charge is 0.465 e. The minimum absolute atomic E-state index is 0.191. The highest BCUT2D eigenvalue weighted by Crippen LogP contribution is 2.25. The molecule has 0 saturated heterocycles. The standard InChI is InChI=1S/C17H14Cl2N2O4/c1-25-17(24)11-4-2-3-5-13(11)20-15(22)9-16(23)21-14-8-10(18)6-7-12(14)19/h2-8H,9H2,1H3,(H,20,22)(H,21,23). The number of hydrogen-bond donors (Lipinski definition) is 2. The molecule has 2 rings (SSSR count). The third-order valence-corrected chi connectivity index (χ3v) is 3.69. The minimum atomic E-state index is -0.592. The molecule has 0 aliphatic carbocycles. The van der Waals surface area contributed by atoms with Crippen LogP contribution in [0.2, 0.25) is 10.0 Å². The number of para-hydroxylation sites is 1. The van der Waals surface area contributed by atoms with Crippen molar-refractivity contribution in [3.63, 3.8) is 0 Å². The average Bonchev–Trinajstić information content (AvgIpc) is 2.57. The lowest BCUT2D eigenvalue weighted by molar-refractivity contribution is -0.123. The Morgan fingerprint density at radius 1 is 0.960 bits per heavy atom. The maximum absolute atomic E-state index is 12.0. The van der Waals surface area contributed by atoms with Crippen molar-refractivity contribution < 1.29 is 19.1 Å². The van der Waals surface area contributed by atoms with Crippen LogP contribution in [-0.2, 0) is 14.3 Å². The Balaban J connectivity index is 2.02. The van der Waals surface area contributed by atoms with E-state index in [-0.39, 0.29) is 11.3 Å². The van der Waals surface area contributed by atoms with E-state index in [9.17, 15) is 14.4 Å². The van der Waals surface area contributed by atoms with Crippen molar-refractivity contribution >= 4 is 52.4 Å². The van der Waals surface area contributed by atoms with E-state index in [0.29, 0.717) is 15.7 Å². The maximum atomic E-state index is 12.0. The fourth-order valence-corrected chi connectivity index (χ4v) is 2.34. The lowest BCUT2D eigenvalue weighted by Crippen LogP contribution is -2.22. The highest BCUT2D eigenvalue weighted by Gasteiger charge is 2.16. The summed E-state index contributed by atoms with van der Waals surface area (Å²) in [7, 11) is 1.24. The summed E-state index contributed by atoms with van der Waals surface area (Å²) in [4.78, 5) is 35.7. The second-order valence-corrected chi connectivity index (χ2v) is 5.78. The Labute approximate surface area is 154 Å². The molecule has 2 amide bonds. The molecule has 0 radical (unpaired) electrons. The van der Waals surface area contributed by atoms with Gasteiger partial charge in [0.15, 0.2) is 0 Å². The third-order valence-electron chi connectivity index (χ3n) is 3.13. The van der Waals surface area contributed by atoms with E-state index < -0.39 is 24.2 Å². The number of benzene rings is 2. The SMILES string of the molecule is COC(=O)c1ccccc1NC(=O)CC(=O)Nc1cc(Cl)ccc1Cl. The predicted molar refractivity (Wildman–Crippen MR) is 96.1 cm³/mol. The minimum Gasteiger partial charge on any atom is -0.465 e. The van der Waals surface area contributed by atoms with Gasteiger partial charge in [0.1, 0.15) is 6.42 Å². The van der Waals surface area contributed by atoms with Crippen molar-refractivity contribution in [3.05, 3.63) is 58.1 Å². The molecule has 0 atom stereocenters. The van der Waals surface area contributed by atoms with Gasteiger partial charge in [-0.25, -0.2) is 4.79 Å². The van der Waals surface area contributed by atoms with Gasteiger partial charge in [-0.05, 0) is 30.3 Å². The topological polar surface area (TPSA) is 84.5 Å². The number of carbonyl (C=O) groups is 3. The van der Waals surface area contributed by atoms with Crippen LogP contribution in [0.4, 0.5) is 11.4 Å². The van der Waals surface area contributed by atoms with Gasteiger partial charge in [-0.3, -0.25) is 9.59 Å². The molecule has 0 spiro atoms. The van der Waals surface area contributed by atoms with Crippen LogP contribution in [0.1, 0.15) is 16.8 Å². The summed E-state index contributed by atoms with van der Waals surface area (Å²) in [6.45, 7) is 0. The second-order valence-electron chi connectivity index (χ2n) is 4.93. The number of hydrogen-bond acceptors (Lipinski definition) is 4. The molecule has 8 heteroatoms. The van der Waals surface area contributed by atoms with E-state index in [0.717, 1.165) is 0 Å². The van der Waals surface area contributed by atoms with E-state index in [2.05, 4.69) is 15.4 Å². The van der Waals surface area contributed by atoms with Gasteiger partial charge in [0.25, 0.3) is 0 Å². The van der Waals surface area contributed by atoms with Gasteiger partial charge in [0.2, 0.25) is 11.8 Å². The number of carbonyl (C=O) groups excluding carboxylic acids is 3. The number of esters is 1. The Bertz CT molecular complexity index is 824. The number of methoxy groups -OCH3 is 1. The molecule has 0 fully saturated rings. The molecule has 2 aromatic carbocycles. The summed E-state index contributed by atoms with van der Waals surface area (Å²) in [5.41, 5.74) is 0.756. The molecule has 0 aliphatic rings. The zero-order chi connectivity index (χ0) is 18.4. The Morgan fingerprint density at radius 3 is 2.28 bits per heavy atom. The van der Waals surface area contributed by atoms with E-state index in [1.807, 2.05) is 0 Å². The molecule has 130 valence electrons. The molecular weight excluding hydrogens is 367 g/mol. The lowest BCUT2D eigenvalue weighted by atomic mass is 10.1. The van der Waals surface area contributed by atoms with Gasteiger partial charge < -0.3 is 15.4 Å². The zero-order valence-electron chi connectivity index (χ0n) is 13.1. The highest BCUT2D eigenvalue weighted by molar-refractivity contribution is 6.35. The molecule has 0 saturated carbocycles. The molecule has 25 heavy (non-hydrogen) atoms. The van der Waals surface area contributed by atoms with Crippen molar-refractivity contribution in [1.29, 1.82) is 0 Å². The van der Waals surface area contributed by atoms with Crippen molar-refractivity contribution in [2.24, 2.45) is 0 Å². The first-order chi connectivity index (χ1) is 11.9. The van der Waals surface area contributed by atoms with Crippen LogP contribution in [0.25, 0.3) is 0 Å². The van der Waals surface area contributed by atoms with Crippen molar-refractivity contribution in [1.82, 2.24) is 0 Å². The summed E-state index contributed by atoms with van der Waals surface area (Å²) < 4.78 is 4.65. The van der Waals surface area contributed by atoms with Gasteiger partial charge in [0.05, 0.1) is 29.1 Å². The molecule has 0 heterocycles. The van der Waals surface area contributed by atoms with Gasteiger partial charge in [-0.2, -0.15) is 0 Å². The van der Waals surface area contributed by atoms with Gasteiger partial charge in [-0.1, -0.05) is 35.3 Å². The predicted octanol–water partition coefficient (Wildman–Crippen LogP) is 3.75. The molecular formula is C17H14Cl2N2O4. The molecule has 0 bridgehead atoms. The fraction of sp³-hybridized carbons (Fsp3) is 0.118. The molecule has 0 aromatic heterocycles. The lowest BCUT2D eigenvalue weighted by Gasteiger charge is -2.10. The summed E-state index contributed by atoms with van der Waals surface area (Å²) in [6, 6.07) is 10.9. The van der Waals surface area contributed by atoms with Crippen molar-refractivity contribution in [2.45, 2.75) is 6.42 Å². The van der Waals surface area contributed by atoms with Crippen LogP contribution in [0.5, 0.6) is 0 Å². The van der Waals surface area contributed by atoms with E-state index >= 15 is 0 Å². The van der Waals surface area contributed by atoms with E-state index in [4.69, 9.17) is 23.2 Å². The zero-order valence-corrected chi connectivity index (χ0v) is 14.6. The first kappa shape index (κ1) is 18.8. The smallest absolute Gasteiger partial charge is 0.339 e. The van der Waals surface area contributed by atoms with E-state index in [1.165, 1.54) is 31.4 Å². The Morgan fingerprint density at radius 2 is 1.60 bits per heavy atom. The van der Waals surface area contributed by atoms with Gasteiger partial charge in [-0.15, -0.1) is 0 Å². The van der Waals surface area contributed by atoms with Gasteiger partial charge in [0, 0.05) is 5.02 Å². The average molecular weight is 381 g/mol. The first-order valence-electron chi connectivity index (χ1n) is 7.13. The van der Waals surface area contributed by atoms with Crippen molar-refractivity contribution in [2.75, 3.05) is 17.7 Å². The summed E-state index contributed by atoms with van der Waals surface area (Å²) in [5, 5.41) is 5.72. The normalized spacial score (nSPS) is 10.0. The van der Waals surface area contributed by atoms with Crippen molar-refractivity contribution in [3.8, 4) is 0 Å². The van der Waals surface area contributed by atoms with Gasteiger partial charge >= 0.3 is 5.97 Å². The summed E-state index contributed by atoms with van der Waals surface area (Å²) in [6.07, 6.45) is -0.460. The first-order valence-corrected chi connectivity index (χ1v) is 7.88. The molecule has 0 aliphatic heterocycles. The number of ether oxygens (including phenoxy) is 1. The monoisotopic (exact) mass is 380 g/mol. The quantitative estimate of drug-likeness (QED) is 0.610. The van der Waals surface area contributed by atoms with Crippen LogP contribution in [-0.4, -0.2) is 24.9 Å². The number of halogens is 2. The van der Waals surface area contributed by atoms with Crippen LogP contribution >= 0.6 is 23.2 Å².